The summed E-state index contributed by atoms with van der Waals surface area (Å²) < 4.78 is 7.70. The Kier molecular flexibility index (Phi) is 2.69. The lowest BCUT2D eigenvalue weighted by atomic mass is 10.1. The van der Waals surface area contributed by atoms with Gasteiger partial charge in [0, 0.05) is 25.8 Å². The molecule has 2 unspecified atom stereocenters. The Bertz CT molecular complexity index is 369. The number of nitrogens with zero attached hydrogens (tertiary/aromatic N) is 2. The minimum atomic E-state index is -0.369. The highest BCUT2D eigenvalue weighted by Gasteiger charge is 2.23. The van der Waals surface area contributed by atoms with Crippen LogP contribution in [0.1, 0.15) is 43.3 Å². The summed E-state index contributed by atoms with van der Waals surface area (Å²) >= 11 is 0. The number of aliphatic hydroxyl groups is 1. The number of aryl methyl sites for hydroxylation is 1. The summed E-state index contributed by atoms with van der Waals surface area (Å²) in [6.45, 7) is 1.88. The summed E-state index contributed by atoms with van der Waals surface area (Å²) in [4.78, 5) is 4.53. The Morgan fingerprint density at radius 1 is 1.44 bits per heavy atom. The molecule has 4 nitrogen and oxygen atoms in total. The molecule has 2 aliphatic heterocycles. The Balaban J connectivity index is 1.75. The zero-order valence-corrected chi connectivity index (χ0v) is 9.43. The van der Waals surface area contributed by atoms with E-state index in [9.17, 15) is 5.11 Å². The van der Waals surface area contributed by atoms with Crippen LogP contribution in [-0.4, -0.2) is 27.4 Å². The maximum atomic E-state index is 9.82. The van der Waals surface area contributed by atoms with Crippen molar-refractivity contribution < 1.29 is 9.84 Å². The van der Waals surface area contributed by atoms with Crippen molar-refractivity contribution in [2.24, 2.45) is 0 Å². The third-order valence-corrected chi connectivity index (χ3v) is 3.49. The lowest BCUT2D eigenvalue weighted by Crippen LogP contribution is -2.14. The molecule has 0 amide bonds. The van der Waals surface area contributed by atoms with E-state index >= 15 is 0 Å². The van der Waals surface area contributed by atoms with Crippen LogP contribution in [0.5, 0.6) is 0 Å². The molecule has 16 heavy (non-hydrogen) atoms. The van der Waals surface area contributed by atoms with E-state index in [0.29, 0.717) is 6.10 Å². The van der Waals surface area contributed by atoms with Crippen molar-refractivity contribution in [3.63, 3.8) is 0 Å². The minimum absolute atomic E-state index is 0.342. The van der Waals surface area contributed by atoms with Crippen LogP contribution in [0.4, 0.5) is 0 Å². The first-order chi connectivity index (χ1) is 7.83. The summed E-state index contributed by atoms with van der Waals surface area (Å²) in [6, 6.07) is 0. The van der Waals surface area contributed by atoms with E-state index in [-0.39, 0.29) is 6.10 Å². The van der Waals surface area contributed by atoms with Gasteiger partial charge in [0.25, 0.3) is 0 Å². The highest BCUT2D eigenvalue weighted by molar-refractivity contribution is 5.09. The number of aliphatic hydroxyl groups excluding tert-OH is 1. The van der Waals surface area contributed by atoms with Gasteiger partial charge in [0.2, 0.25) is 0 Å². The molecule has 4 heteroatoms. The van der Waals surface area contributed by atoms with E-state index in [1.165, 1.54) is 6.42 Å². The Morgan fingerprint density at radius 3 is 3.12 bits per heavy atom. The molecule has 1 aromatic heterocycles. The number of aromatic nitrogens is 2. The highest BCUT2D eigenvalue weighted by atomic mass is 16.5. The van der Waals surface area contributed by atoms with E-state index < -0.39 is 0 Å². The molecular formula is C12H18N2O2. The van der Waals surface area contributed by atoms with Crippen LogP contribution < -0.4 is 0 Å². The topological polar surface area (TPSA) is 47.3 Å². The van der Waals surface area contributed by atoms with Crippen LogP contribution >= 0.6 is 0 Å². The smallest absolute Gasteiger partial charge is 0.137 e. The summed E-state index contributed by atoms with van der Waals surface area (Å²) in [5.41, 5.74) is 1.07. The van der Waals surface area contributed by atoms with Crippen LogP contribution in [0.3, 0.4) is 0 Å². The highest BCUT2D eigenvalue weighted by Crippen LogP contribution is 2.25. The Morgan fingerprint density at radius 2 is 2.38 bits per heavy atom. The molecule has 0 aromatic carbocycles. The van der Waals surface area contributed by atoms with E-state index in [1.54, 1.807) is 0 Å². The number of hydrogen-bond donors (Lipinski definition) is 1. The second-order valence-corrected chi connectivity index (χ2v) is 4.78. The number of fused-ring (bicyclic) bond motifs is 1. The molecule has 2 aliphatic rings. The fraction of sp³-hybridized carbons (Fsp3) is 0.750. The molecular weight excluding hydrogens is 204 g/mol. The molecule has 1 saturated heterocycles. The Labute approximate surface area is 95.3 Å². The summed E-state index contributed by atoms with van der Waals surface area (Å²) in [5, 5.41) is 9.82. The molecule has 88 valence electrons. The zero-order valence-electron chi connectivity index (χ0n) is 9.43. The van der Waals surface area contributed by atoms with Crippen molar-refractivity contribution in [3.8, 4) is 0 Å². The van der Waals surface area contributed by atoms with Gasteiger partial charge < -0.3 is 14.4 Å². The lowest BCUT2D eigenvalue weighted by Gasteiger charge is -2.18. The van der Waals surface area contributed by atoms with E-state index in [1.807, 2.05) is 0 Å². The second-order valence-electron chi connectivity index (χ2n) is 4.78. The van der Waals surface area contributed by atoms with Gasteiger partial charge in [-0.3, -0.25) is 0 Å². The molecule has 0 saturated carbocycles. The third kappa shape index (κ3) is 1.87. The van der Waals surface area contributed by atoms with E-state index in [4.69, 9.17) is 4.74 Å². The number of imidazole rings is 1. The van der Waals surface area contributed by atoms with Crippen LogP contribution in [0.2, 0.25) is 0 Å². The third-order valence-electron chi connectivity index (χ3n) is 3.49. The first-order valence-corrected chi connectivity index (χ1v) is 6.18. The molecule has 1 fully saturated rings. The van der Waals surface area contributed by atoms with Gasteiger partial charge in [-0.2, -0.15) is 0 Å². The van der Waals surface area contributed by atoms with Gasteiger partial charge in [0.15, 0.2) is 0 Å². The summed E-state index contributed by atoms with van der Waals surface area (Å²) in [6.07, 6.45) is 7.15. The fourth-order valence-corrected chi connectivity index (χ4v) is 2.65. The quantitative estimate of drug-likeness (QED) is 0.823. The van der Waals surface area contributed by atoms with Gasteiger partial charge >= 0.3 is 0 Å². The van der Waals surface area contributed by atoms with Crippen LogP contribution in [0.15, 0.2) is 6.20 Å². The van der Waals surface area contributed by atoms with Gasteiger partial charge in [-0.1, -0.05) is 0 Å². The predicted molar refractivity (Wildman–Crippen MR) is 59.1 cm³/mol. The molecule has 3 rings (SSSR count). The predicted octanol–water partition coefficient (Wildman–Crippen LogP) is 1.43. The van der Waals surface area contributed by atoms with Crippen molar-refractivity contribution in [2.75, 3.05) is 6.61 Å². The van der Waals surface area contributed by atoms with Gasteiger partial charge in [-0.05, 0) is 25.7 Å². The largest absolute Gasteiger partial charge is 0.385 e. The van der Waals surface area contributed by atoms with Gasteiger partial charge in [-0.15, -0.1) is 0 Å². The number of rotatable bonds is 2. The van der Waals surface area contributed by atoms with Gasteiger partial charge in [-0.25, -0.2) is 4.98 Å². The van der Waals surface area contributed by atoms with Crippen molar-refractivity contribution in [1.29, 1.82) is 0 Å². The lowest BCUT2D eigenvalue weighted by molar-refractivity contribution is 0.110. The first-order valence-electron chi connectivity index (χ1n) is 6.18. The molecule has 0 aliphatic carbocycles. The molecule has 3 heterocycles. The van der Waals surface area contributed by atoms with Crippen molar-refractivity contribution >= 4 is 0 Å². The first kappa shape index (κ1) is 10.3. The molecule has 0 radical (unpaired) electrons. The van der Waals surface area contributed by atoms with Crippen LogP contribution in [0.25, 0.3) is 0 Å². The van der Waals surface area contributed by atoms with Gasteiger partial charge in [0.1, 0.15) is 11.9 Å². The minimum Gasteiger partial charge on any atom is -0.385 e. The Hall–Kier alpha value is -0.870. The fourth-order valence-electron chi connectivity index (χ4n) is 2.65. The van der Waals surface area contributed by atoms with Crippen molar-refractivity contribution in [2.45, 2.75) is 50.9 Å². The van der Waals surface area contributed by atoms with Crippen LogP contribution in [0, 0.1) is 0 Å². The zero-order chi connectivity index (χ0) is 11.0. The molecule has 1 aromatic rings. The van der Waals surface area contributed by atoms with Crippen LogP contribution in [-0.2, 0) is 17.7 Å². The summed E-state index contributed by atoms with van der Waals surface area (Å²) in [7, 11) is 0. The summed E-state index contributed by atoms with van der Waals surface area (Å²) in [5.74, 6) is 0.847. The molecule has 0 bridgehead atoms. The molecule has 2 atom stereocenters. The van der Waals surface area contributed by atoms with Crippen molar-refractivity contribution in [3.05, 3.63) is 17.7 Å². The molecule has 0 spiro atoms. The van der Waals surface area contributed by atoms with E-state index in [2.05, 4.69) is 15.7 Å². The number of hydrogen-bond acceptors (Lipinski definition) is 3. The van der Waals surface area contributed by atoms with E-state index in [0.717, 1.165) is 50.4 Å². The monoisotopic (exact) mass is 222 g/mol. The maximum absolute atomic E-state index is 9.82. The average Bonchev–Trinajstić information content (AvgIpc) is 2.88. The van der Waals surface area contributed by atoms with Gasteiger partial charge in [0.05, 0.1) is 11.8 Å². The second kappa shape index (κ2) is 4.18. The SMILES string of the molecule is OC1CCCn2cc(CC3CCCO3)nc21. The molecule has 1 N–H and O–H groups in total. The standard InChI is InChI=1S/C12H18N2O2/c15-11-4-1-5-14-8-9(13-12(11)14)7-10-3-2-6-16-10/h8,10-11,15H,1-7H2. The maximum Gasteiger partial charge on any atom is 0.137 e. The normalized spacial score (nSPS) is 29.3. The van der Waals surface area contributed by atoms with Crippen molar-refractivity contribution in [1.82, 2.24) is 9.55 Å². The number of ether oxygens (including phenoxy) is 1. The average molecular weight is 222 g/mol.